The van der Waals surface area contributed by atoms with Crippen LogP contribution in [0, 0.1) is 13.8 Å². The highest BCUT2D eigenvalue weighted by atomic mass is 35.5. The molecule has 6 nitrogen and oxygen atoms in total. The van der Waals surface area contributed by atoms with Gasteiger partial charge in [-0.1, -0.05) is 29.4 Å². The molecule has 0 aliphatic rings. The summed E-state index contributed by atoms with van der Waals surface area (Å²) < 4.78 is 1.88. The Morgan fingerprint density at radius 3 is 2.64 bits per heavy atom. The Morgan fingerprint density at radius 2 is 1.96 bits per heavy atom. The lowest BCUT2D eigenvalue weighted by Gasteiger charge is -2.15. The van der Waals surface area contributed by atoms with Gasteiger partial charge in [0.25, 0.3) is 0 Å². The standard InChI is InChI=1S/C20H22ClN5OS/c1-13-5-7-16(9-14(13)2)26-12-22-24-20(26)28-11-19(27)23-15-6-8-18(25(3)4)17(21)10-15/h5-10,12H,11H2,1-4H3,(H,23,27). The number of rotatable bonds is 6. The normalized spacial score (nSPS) is 10.8. The number of benzene rings is 2. The van der Waals surface area contributed by atoms with Crippen LogP contribution in [0.2, 0.25) is 5.02 Å². The van der Waals surface area contributed by atoms with Crippen LogP contribution in [0.25, 0.3) is 5.69 Å². The molecular formula is C20H22ClN5OS. The highest BCUT2D eigenvalue weighted by Gasteiger charge is 2.12. The molecule has 0 atom stereocenters. The molecule has 0 radical (unpaired) electrons. The van der Waals surface area contributed by atoms with E-state index < -0.39 is 0 Å². The van der Waals surface area contributed by atoms with Crippen molar-refractivity contribution in [1.82, 2.24) is 14.8 Å². The van der Waals surface area contributed by atoms with Gasteiger partial charge in [0.1, 0.15) is 6.33 Å². The van der Waals surface area contributed by atoms with E-state index in [-0.39, 0.29) is 11.7 Å². The number of carbonyl (C=O) groups excluding carboxylic acids is 1. The molecule has 0 saturated carbocycles. The van der Waals surface area contributed by atoms with Crippen molar-refractivity contribution in [2.24, 2.45) is 0 Å². The smallest absolute Gasteiger partial charge is 0.234 e. The number of hydrogen-bond acceptors (Lipinski definition) is 5. The van der Waals surface area contributed by atoms with Gasteiger partial charge in [-0.15, -0.1) is 10.2 Å². The Hall–Kier alpha value is -2.51. The van der Waals surface area contributed by atoms with E-state index >= 15 is 0 Å². The predicted molar refractivity (Wildman–Crippen MR) is 116 cm³/mol. The molecule has 0 aliphatic heterocycles. The molecule has 28 heavy (non-hydrogen) atoms. The highest BCUT2D eigenvalue weighted by molar-refractivity contribution is 7.99. The van der Waals surface area contributed by atoms with Crippen LogP contribution >= 0.6 is 23.4 Å². The number of aryl methyl sites for hydroxylation is 2. The van der Waals surface area contributed by atoms with Crippen LogP contribution in [-0.4, -0.2) is 40.5 Å². The summed E-state index contributed by atoms with van der Waals surface area (Å²) in [6.45, 7) is 4.14. The average molecular weight is 416 g/mol. The first kappa shape index (κ1) is 20.2. The number of anilines is 2. The fraction of sp³-hybridized carbons (Fsp3) is 0.250. The minimum atomic E-state index is -0.131. The summed E-state index contributed by atoms with van der Waals surface area (Å²) in [5.41, 5.74) is 4.96. The van der Waals surface area contributed by atoms with Gasteiger partial charge in [0, 0.05) is 25.5 Å². The van der Waals surface area contributed by atoms with E-state index in [1.807, 2.05) is 41.8 Å². The molecule has 8 heteroatoms. The predicted octanol–water partition coefficient (Wildman–Crippen LogP) is 4.33. The number of halogens is 1. The lowest BCUT2D eigenvalue weighted by molar-refractivity contribution is -0.113. The molecule has 1 heterocycles. The number of thioether (sulfide) groups is 1. The second kappa shape index (κ2) is 8.67. The van der Waals surface area contributed by atoms with Gasteiger partial charge in [-0.2, -0.15) is 0 Å². The van der Waals surface area contributed by atoms with Crippen molar-refractivity contribution < 1.29 is 4.79 Å². The van der Waals surface area contributed by atoms with Crippen molar-refractivity contribution in [2.75, 3.05) is 30.1 Å². The zero-order valence-corrected chi connectivity index (χ0v) is 17.8. The monoisotopic (exact) mass is 415 g/mol. The van der Waals surface area contributed by atoms with Crippen LogP contribution in [0.3, 0.4) is 0 Å². The van der Waals surface area contributed by atoms with Gasteiger partial charge in [-0.3, -0.25) is 9.36 Å². The van der Waals surface area contributed by atoms with Crippen LogP contribution in [0.1, 0.15) is 11.1 Å². The van der Waals surface area contributed by atoms with Crippen LogP contribution < -0.4 is 10.2 Å². The number of nitrogens with one attached hydrogen (secondary N) is 1. The third kappa shape index (κ3) is 4.66. The fourth-order valence-corrected chi connectivity index (χ4v) is 3.73. The minimum absolute atomic E-state index is 0.131. The fourth-order valence-electron chi connectivity index (χ4n) is 2.65. The van der Waals surface area contributed by atoms with Crippen molar-refractivity contribution in [3.8, 4) is 5.69 Å². The summed E-state index contributed by atoms with van der Waals surface area (Å²) in [6, 6.07) is 11.6. The molecule has 0 bridgehead atoms. The van der Waals surface area contributed by atoms with Gasteiger partial charge in [-0.05, 0) is 55.3 Å². The molecule has 0 unspecified atom stereocenters. The largest absolute Gasteiger partial charge is 0.376 e. The van der Waals surface area contributed by atoms with Gasteiger partial charge >= 0.3 is 0 Å². The highest BCUT2D eigenvalue weighted by Crippen LogP contribution is 2.28. The quantitative estimate of drug-likeness (QED) is 0.607. The number of aromatic nitrogens is 3. The topological polar surface area (TPSA) is 63.1 Å². The van der Waals surface area contributed by atoms with Gasteiger partial charge < -0.3 is 10.2 Å². The van der Waals surface area contributed by atoms with Crippen LogP contribution in [0.5, 0.6) is 0 Å². The average Bonchev–Trinajstić information content (AvgIpc) is 3.10. The van der Waals surface area contributed by atoms with Crippen LogP contribution in [0.4, 0.5) is 11.4 Å². The molecule has 3 rings (SSSR count). The summed E-state index contributed by atoms with van der Waals surface area (Å²) in [7, 11) is 3.84. The summed E-state index contributed by atoms with van der Waals surface area (Å²) >= 11 is 7.59. The second-order valence-corrected chi connectivity index (χ2v) is 8.00. The number of amides is 1. The Balaban J connectivity index is 1.65. The van der Waals surface area contributed by atoms with Crippen LogP contribution in [0.15, 0.2) is 47.9 Å². The number of carbonyl (C=O) groups is 1. The van der Waals surface area contributed by atoms with Crippen molar-refractivity contribution in [3.05, 3.63) is 58.9 Å². The van der Waals surface area contributed by atoms with Crippen molar-refractivity contribution in [3.63, 3.8) is 0 Å². The Morgan fingerprint density at radius 1 is 1.18 bits per heavy atom. The van der Waals surface area contributed by atoms with E-state index in [1.54, 1.807) is 12.4 Å². The van der Waals surface area contributed by atoms with E-state index in [2.05, 4.69) is 41.5 Å². The van der Waals surface area contributed by atoms with E-state index in [0.29, 0.717) is 15.9 Å². The second-order valence-electron chi connectivity index (χ2n) is 6.65. The van der Waals surface area contributed by atoms with Crippen molar-refractivity contribution in [1.29, 1.82) is 0 Å². The molecule has 1 N–H and O–H groups in total. The molecule has 2 aromatic carbocycles. The molecular weight excluding hydrogens is 394 g/mol. The summed E-state index contributed by atoms with van der Waals surface area (Å²) in [5.74, 6) is 0.0876. The lowest BCUT2D eigenvalue weighted by atomic mass is 10.1. The Labute approximate surface area is 173 Å². The zero-order valence-electron chi connectivity index (χ0n) is 16.2. The molecule has 1 aromatic heterocycles. The minimum Gasteiger partial charge on any atom is -0.376 e. The maximum atomic E-state index is 12.3. The van der Waals surface area contributed by atoms with Crippen LogP contribution in [-0.2, 0) is 4.79 Å². The maximum Gasteiger partial charge on any atom is 0.234 e. The summed E-state index contributed by atoms with van der Waals surface area (Å²) in [6.07, 6.45) is 1.66. The summed E-state index contributed by atoms with van der Waals surface area (Å²) in [4.78, 5) is 14.3. The third-order valence-electron chi connectivity index (χ3n) is 4.33. The molecule has 0 aliphatic carbocycles. The third-order valence-corrected chi connectivity index (χ3v) is 5.58. The zero-order chi connectivity index (χ0) is 20.3. The molecule has 146 valence electrons. The maximum absolute atomic E-state index is 12.3. The van der Waals surface area contributed by atoms with E-state index in [4.69, 9.17) is 11.6 Å². The number of hydrogen-bond donors (Lipinski definition) is 1. The SMILES string of the molecule is Cc1ccc(-n2cnnc2SCC(=O)Nc2ccc(N(C)C)c(Cl)c2)cc1C. The van der Waals surface area contributed by atoms with Gasteiger partial charge in [0.15, 0.2) is 5.16 Å². The molecule has 0 saturated heterocycles. The van der Waals surface area contributed by atoms with E-state index in [9.17, 15) is 4.79 Å². The molecule has 3 aromatic rings. The Kier molecular flexibility index (Phi) is 6.26. The number of nitrogens with zero attached hydrogens (tertiary/aromatic N) is 4. The summed E-state index contributed by atoms with van der Waals surface area (Å²) in [5, 5.41) is 12.2. The van der Waals surface area contributed by atoms with E-state index in [1.165, 1.54) is 22.9 Å². The first-order valence-corrected chi connectivity index (χ1v) is 10.1. The van der Waals surface area contributed by atoms with Gasteiger partial charge in [0.05, 0.1) is 16.5 Å². The van der Waals surface area contributed by atoms with Crippen molar-refractivity contribution in [2.45, 2.75) is 19.0 Å². The van der Waals surface area contributed by atoms with E-state index in [0.717, 1.165) is 11.4 Å². The molecule has 0 spiro atoms. The molecule has 0 fully saturated rings. The van der Waals surface area contributed by atoms with Gasteiger partial charge in [-0.25, -0.2) is 0 Å². The van der Waals surface area contributed by atoms with Crippen molar-refractivity contribution >= 4 is 40.6 Å². The first-order valence-electron chi connectivity index (χ1n) is 8.72. The van der Waals surface area contributed by atoms with Gasteiger partial charge in [0.2, 0.25) is 5.91 Å². The Bertz CT molecular complexity index is 1000. The lowest BCUT2D eigenvalue weighted by Crippen LogP contribution is -2.15. The first-order chi connectivity index (χ1) is 13.3. The molecule has 1 amide bonds.